The first-order valence-corrected chi connectivity index (χ1v) is 6.78. The highest BCUT2D eigenvalue weighted by atomic mass is 16.5. The van der Waals surface area contributed by atoms with Crippen molar-refractivity contribution in [1.29, 1.82) is 0 Å². The van der Waals surface area contributed by atoms with Gasteiger partial charge in [0.1, 0.15) is 0 Å². The Balaban J connectivity index is 2.04. The fourth-order valence-corrected chi connectivity index (χ4v) is 2.14. The van der Waals surface area contributed by atoms with Gasteiger partial charge >= 0.3 is 6.01 Å². The van der Waals surface area contributed by atoms with Crippen LogP contribution in [0.25, 0.3) is 0 Å². The van der Waals surface area contributed by atoms with E-state index in [0.717, 1.165) is 32.1 Å². The molecule has 1 heterocycles. The van der Waals surface area contributed by atoms with Gasteiger partial charge in [0.15, 0.2) is 0 Å². The summed E-state index contributed by atoms with van der Waals surface area (Å²) in [5.41, 5.74) is 5.63. The summed E-state index contributed by atoms with van der Waals surface area (Å²) in [6.45, 7) is 2.54. The van der Waals surface area contributed by atoms with Crippen molar-refractivity contribution < 1.29 is 9.84 Å². The molecule has 1 aliphatic rings. The van der Waals surface area contributed by atoms with Crippen molar-refractivity contribution in [3.63, 3.8) is 0 Å². The zero-order chi connectivity index (χ0) is 13.7. The van der Waals surface area contributed by atoms with E-state index in [4.69, 9.17) is 10.5 Å². The smallest absolute Gasteiger partial charge is 0.323 e. The lowest BCUT2D eigenvalue weighted by molar-refractivity contribution is 0.116. The number of anilines is 2. The minimum atomic E-state index is -0.369. The van der Waals surface area contributed by atoms with Crippen LogP contribution in [0.4, 0.5) is 11.9 Å². The standard InChI is InChI=1S/C12H21N5O2/c1-2-7-19-12-16-10(13)15-11(17-12)14-8-5-3-4-6-9(8)18/h8-9,18H,2-7H2,1H3,(H3,13,14,15,16,17). The first-order valence-electron chi connectivity index (χ1n) is 6.78. The van der Waals surface area contributed by atoms with Gasteiger partial charge in [-0.1, -0.05) is 19.8 Å². The summed E-state index contributed by atoms with van der Waals surface area (Å²) in [6, 6.07) is 0.191. The molecule has 7 heteroatoms. The largest absolute Gasteiger partial charge is 0.463 e. The molecule has 0 spiro atoms. The monoisotopic (exact) mass is 267 g/mol. The Kier molecular flexibility index (Phi) is 4.73. The molecule has 1 aromatic heterocycles. The van der Waals surface area contributed by atoms with E-state index in [9.17, 15) is 5.11 Å². The van der Waals surface area contributed by atoms with Gasteiger partial charge in [-0.3, -0.25) is 0 Å². The second-order valence-corrected chi connectivity index (χ2v) is 4.75. The second-order valence-electron chi connectivity index (χ2n) is 4.75. The van der Waals surface area contributed by atoms with E-state index >= 15 is 0 Å². The van der Waals surface area contributed by atoms with E-state index in [1.165, 1.54) is 0 Å². The summed E-state index contributed by atoms with van der Waals surface area (Å²) in [6.07, 6.45) is 4.36. The fourth-order valence-electron chi connectivity index (χ4n) is 2.14. The number of nitrogen functional groups attached to an aromatic ring is 1. The molecule has 0 aliphatic heterocycles. The molecule has 19 heavy (non-hydrogen) atoms. The Bertz CT molecular complexity index is 415. The minimum absolute atomic E-state index is 0.0328. The Morgan fingerprint density at radius 2 is 2.11 bits per heavy atom. The first kappa shape index (κ1) is 13.8. The van der Waals surface area contributed by atoms with Crippen LogP contribution in [0.5, 0.6) is 6.01 Å². The number of rotatable bonds is 5. The van der Waals surface area contributed by atoms with E-state index in [0.29, 0.717) is 12.6 Å². The van der Waals surface area contributed by atoms with Crippen LogP contribution < -0.4 is 15.8 Å². The maximum Gasteiger partial charge on any atom is 0.323 e. The molecule has 7 nitrogen and oxygen atoms in total. The van der Waals surface area contributed by atoms with Crippen LogP contribution in [-0.2, 0) is 0 Å². The van der Waals surface area contributed by atoms with E-state index in [1.807, 2.05) is 6.92 Å². The number of hydrogen-bond donors (Lipinski definition) is 3. The average Bonchev–Trinajstić information content (AvgIpc) is 2.38. The van der Waals surface area contributed by atoms with Crippen LogP contribution in [0.1, 0.15) is 39.0 Å². The summed E-state index contributed by atoms with van der Waals surface area (Å²) in [5.74, 6) is 0.485. The predicted molar refractivity (Wildman–Crippen MR) is 71.9 cm³/mol. The Hall–Kier alpha value is -1.63. The van der Waals surface area contributed by atoms with E-state index in [2.05, 4.69) is 20.3 Å². The molecule has 1 saturated carbocycles. The Morgan fingerprint density at radius 1 is 1.32 bits per heavy atom. The molecule has 1 aliphatic carbocycles. The van der Waals surface area contributed by atoms with Gasteiger partial charge in [-0.15, -0.1) is 0 Å². The quantitative estimate of drug-likeness (QED) is 0.729. The summed E-state index contributed by atoms with van der Waals surface area (Å²) in [4.78, 5) is 12.1. The highest BCUT2D eigenvalue weighted by Gasteiger charge is 2.23. The number of nitrogens with two attached hydrogens (primary N) is 1. The Labute approximate surface area is 112 Å². The number of aromatic nitrogens is 3. The molecule has 1 aromatic rings. The van der Waals surface area contributed by atoms with Gasteiger partial charge in [0.05, 0.1) is 18.8 Å². The van der Waals surface area contributed by atoms with E-state index in [-0.39, 0.29) is 24.1 Å². The maximum atomic E-state index is 9.91. The molecule has 0 aromatic carbocycles. The number of nitrogens with zero attached hydrogens (tertiary/aromatic N) is 3. The third-order valence-corrected chi connectivity index (χ3v) is 3.11. The second kappa shape index (κ2) is 6.51. The molecule has 2 atom stereocenters. The summed E-state index contributed by atoms with van der Waals surface area (Å²) < 4.78 is 5.35. The molecule has 0 radical (unpaired) electrons. The van der Waals surface area contributed by atoms with Gasteiger partial charge in [0, 0.05) is 0 Å². The minimum Gasteiger partial charge on any atom is -0.463 e. The SMILES string of the molecule is CCCOc1nc(N)nc(NC2CCCCC2O)n1. The molecule has 0 bridgehead atoms. The molecule has 106 valence electrons. The van der Waals surface area contributed by atoms with Crippen molar-refractivity contribution in [3.05, 3.63) is 0 Å². The molecule has 2 rings (SSSR count). The zero-order valence-corrected chi connectivity index (χ0v) is 11.2. The van der Waals surface area contributed by atoms with Gasteiger partial charge in [0.2, 0.25) is 11.9 Å². The van der Waals surface area contributed by atoms with Crippen molar-refractivity contribution in [2.24, 2.45) is 0 Å². The zero-order valence-electron chi connectivity index (χ0n) is 11.2. The van der Waals surface area contributed by atoms with Gasteiger partial charge in [-0.05, 0) is 19.3 Å². The lowest BCUT2D eigenvalue weighted by Crippen LogP contribution is -2.37. The number of hydrogen-bond acceptors (Lipinski definition) is 7. The van der Waals surface area contributed by atoms with Crippen molar-refractivity contribution >= 4 is 11.9 Å². The van der Waals surface area contributed by atoms with Crippen molar-refractivity contribution in [3.8, 4) is 6.01 Å². The number of ether oxygens (including phenoxy) is 1. The fraction of sp³-hybridized carbons (Fsp3) is 0.750. The summed E-state index contributed by atoms with van der Waals surface area (Å²) in [7, 11) is 0. The van der Waals surface area contributed by atoms with Gasteiger partial charge in [-0.25, -0.2) is 0 Å². The number of aliphatic hydroxyl groups is 1. The lowest BCUT2D eigenvalue weighted by atomic mass is 9.93. The number of nitrogens with one attached hydrogen (secondary N) is 1. The van der Waals surface area contributed by atoms with Crippen molar-refractivity contribution in [1.82, 2.24) is 15.0 Å². The van der Waals surface area contributed by atoms with E-state index < -0.39 is 0 Å². The van der Waals surface area contributed by atoms with Crippen LogP contribution in [-0.4, -0.2) is 38.8 Å². The first-order chi connectivity index (χ1) is 9.19. The van der Waals surface area contributed by atoms with Crippen LogP contribution in [0.15, 0.2) is 0 Å². The normalized spacial score (nSPS) is 23.1. The highest BCUT2D eigenvalue weighted by molar-refractivity contribution is 5.34. The Morgan fingerprint density at radius 3 is 2.84 bits per heavy atom. The summed E-state index contributed by atoms with van der Waals surface area (Å²) >= 11 is 0. The lowest BCUT2D eigenvalue weighted by Gasteiger charge is -2.28. The van der Waals surface area contributed by atoms with Crippen LogP contribution in [0, 0.1) is 0 Å². The van der Waals surface area contributed by atoms with Crippen LogP contribution >= 0.6 is 0 Å². The van der Waals surface area contributed by atoms with Crippen molar-refractivity contribution in [2.45, 2.75) is 51.2 Å². The van der Waals surface area contributed by atoms with Crippen molar-refractivity contribution in [2.75, 3.05) is 17.7 Å². The van der Waals surface area contributed by atoms with Crippen LogP contribution in [0.2, 0.25) is 0 Å². The number of aliphatic hydroxyl groups excluding tert-OH is 1. The highest BCUT2D eigenvalue weighted by Crippen LogP contribution is 2.21. The van der Waals surface area contributed by atoms with Gasteiger partial charge in [-0.2, -0.15) is 15.0 Å². The molecule has 0 amide bonds. The maximum absolute atomic E-state index is 9.91. The topological polar surface area (TPSA) is 106 Å². The summed E-state index contributed by atoms with van der Waals surface area (Å²) in [5, 5.41) is 13.0. The average molecular weight is 267 g/mol. The molecule has 2 unspecified atom stereocenters. The third-order valence-electron chi connectivity index (χ3n) is 3.11. The molecule has 4 N–H and O–H groups in total. The molecular formula is C12H21N5O2. The van der Waals surface area contributed by atoms with Crippen LogP contribution in [0.3, 0.4) is 0 Å². The van der Waals surface area contributed by atoms with Gasteiger partial charge in [0.25, 0.3) is 0 Å². The predicted octanol–water partition coefficient (Wildman–Crippen LogP) is 0.958. The van der Waals surface area contributed by atoms with Gasteiger partial charge < -0.3 is 20.9 Å². The molecule has 1 fully saturated rings. The third kappa shape index (κ3) is 3.92. The molecular weight excluding hydrogens is 246 g/mol. The molecule has 0 saturated heterocycles. The van der Waals surface area contributed by atoms with E-state index in [1.54, 1.807) is 0 Å².